The topological polar surface area (TPSA) is 49.4 Å². The van der Waals surface area contributed by atoms with Crippen molar-refractivity contribution in [3.8, 4) is 0 Å². The van der Waals surface area contributed by atoms with E-state index >= 15 is 0 Å². The smallest absolute Gasteiger partial charge is 0.248 e. The van der Waals surface area contributed by atoms with Crippen LogP contribution in [0, 0.1) is 11.7 Å². The number of amides is 2. The third-order valence-corrected chi connectivity index (χ3v) is 5.98. The van der Waals surface area contributed by atoms with Crippen LogP contribution in [0.2, 0.25) is 5.02 Å². The number of benzene rings is 2. The van der Waals surface area contributed by atoms with Crippen LogP contribution in [0.1, 0.15) is 24.8 Å². The Labute approximate surface area is 167 Å². The Morgan fingerprint density at radius 3 is 2.48 bits per heavy atom. The predicted octanol–water partition coefficient (Wildman–Crippen LogP) is 4.72. The first-order valence-electron chi connectivity index (χ1n) is 8.63. The molecule has 0 saturated carbocycles. The standard InChI is InChI=1S/C20H20ClFN2O2S/c1-12(2)19(26)24-17(18(25)23-14-9-7-13(22)8-10-14)11-27-20(24)15-5-3-4-6-16(15)21/h3-10,12,17,20H,11H2,1-2H3,(H,23,25). The minimum absolute atomic E-state index is 0.107. The maximum Gasteiger partial charge on any atom is 0.248 e. The molecule has 4 nitrogen and oxygen atoms in total. The summed E-state index contributed by atoms with van der Waals surface area (Å²) in [6.07, 6.45) is 0. The minimum Gasteiger partial charge on any atom is -0.324 e. The maximum atomic E-state index is 13.1. The number of hydrogen-bond acceptors (Lipinski definition) is 3. The first-order chi connectivity index (χ1) is 12.9. The predicted molar refractivity (Wildman–Crippen MR) is 107 cm³/mol. The molecule has 2 aromatic rings. The summed E-state index contributed by atoms with van der Waals surface area (Å²) in [5.41, 5.74) is 1.31. The lowest BCUT2D eigenvalue weighted by atomic mass is 10.1. The fourth-order valence-electron chi connectivity index (χ4n) is 2.95. The number of thioether (sulfide) groups is 1. The Hall–Kier alpha value is -2.05. The highest BCUT2D eigenvalue weighted by molar-refractivity contribution is 7.99. The van der Waals surface area contributed by atoms with Gasteiger partial charge in [0.1, 0.15) is 17.2 Å². The fraction of sp³-hybridized carbons (Fsp3) is 0.300. The van der Waals surface area contributed by atoms with Crippen LogP contribution in [0.4, 0.5) is 10.1 Å². The molecule has 2 amide bonds. The lowest BCUT2D eigenvalue weighted by molar-refractivity contribution is -0.140. The zero-order chi connectivity index (χ0) is 19.6. The number of rotatable bonds is 4. The summed E-state index contributed by atoms with van der Waals surface area (Å²) in [4.78, 5) is 27.4. The van der Waals surface area contributed by atoms with E-state index in [0.717, 1.165) is 5.56 Å². The highest BCUT2D eigenvalue weighted by atomic mass is 35.5. The second-order valence-corrected chi connectivity index (χ2v) is 8.14. The Balaban J connectivity index is 1.87. The van der Waals surface area contributed by atoms with E-state index < -0.39 is 6.04 Å². The molecular formula is C20H20ClFN2O2S. The Bertz CT molecular complexity index is 844. The molecule has 1 aliphatic heterocycles. The van der Waals surface area contributed by atoms with Crippen molar-refractivity contribution in [2.24, 2.45) is 5.92 Å². The van der Waals surface area contributed by atoms with Crippen LogP contribution in [0.25, 0.3) is 0 Å². The maximum absolute atomic E-state index is 13.1. The molecule has 1 aliphatic rings. The molecule has 1 saturated heterocycles. The fourth-order valence-corrected chi connectivity index (χ4v) is 4.73. The molecule has 1 N–H and O–H groups in total. The molecule has 2 aromatic carbocycles. The highest BCUT2D eigenvalue weighted by Crippen LogP contribution is 2.44. The van der Waals surface area contributed by atoms with Crippen molar-refractivity contribution in [3.63, 3.8) is 0 Å². The second kappa shape index (κ2) is 8.31. The zero-order valence-corrected chi connectivity index (χ0v) is 16.6. The summed E-state index contributed by atoms with van der Waals surface area (Å²) in [6, 6.07) is 12.3. The van der Waals surface area contributed by atoms with E-state index in [-0.39, 0.29) is 28.9 Å². The summed E-state index contributed by atoms with van der Waals surface area (Å²) in [7, 11) is 0. The molecule has 7 heteroatoms. The van der Waals surface area contributed by atoms with Crippen molar-refractivity contribution in [1.82, 2.24) is 4.90 Å². The summed E-state index contributed by atoms with van der Waals surface area (Å²) in [6.45, 7) is 3.62. The molecule has 2 unspecified atom stereocenters. The van der Waals surface area contributed by atoms with Gasteiger partial charge in [-0.3, -0.25) is 9.59 Å². The van der Waals surface area contributed by atoms with Crippen LogP contribution < -0.4 is 5.32 Å². The average Bonchev–Trinajstić information content (AvgIpc) is 3.08. The quantitative estimate of drug-likeness (QED) is 0.799. The van der Waals surface area contributed by atoms with Gasteiger partial charge in [0.15, 0.2) is 0 Å². The normalized spacial score (nSPS) is 19.4. The zero-order valence-electron chi connectivity index (χ0n) is 15.0. The summed E-state index contributed by atoms with van der Waals surface area (Å²) in [5.74, 6) is -0.571. The van der Waals surface area contributed by atoms with Crippen molar-refractivity contribution in [1.29, 1.82) is 0 Å². The number of halogens is 2. The van der Waals surface area contributed by atoms with Gasteiger partial charge < -0.3 is 10.2 Å². The second-order valence-electron chi connectivity index (χ2n) is 6.62. The third kappa shape index (κ3) is 4.28. The number of nitrogens with zero attached hydrogens (tertiary/aromatic N) is 1. The van der Waals surface area contributed by atoms with Gasteiger partial charge in [-0.1, -0.05) is 43.6 Å². The van der Waals surface area contributed by atoms with Crippen LogP contribution in [0.3, 0.4) is 0 Å². The lowest BCUT2D eigenvalue weighted by Gasteiger charge is -2.31. The summed E-state index contributed by atoms with van der Waals surface area (Å²) in [5, 5.41) is 3.02. The van der Waals surface area contributed by atoms with Gasteiger partial charge in [-0.05, 0) is 30.3 Å². The lowest BCUT2D eigenvalue weighted by Crippen LogP contribution is -2.47. The SMILES string of the molecule is CC(C)C(=O)N1C(C(=O)Nc2ccc(F)cc2)CSC1c1ccccc1Cl. The van der Waals surface area contributed by atoms with Gasteiger partial charge in [0.25, 0.3) is 0 Å². The summed E-state index contributed by atoms with van der Waals surface area (Å²) >= 11 is 7.85. The Morgan fingerprint density at radius 2 is 1.85 bits per heavy atom. The van der Waals surface area contributed by atoms with E-state index in [4.69, 9.17) is 11.6 Å². The van der Waals surface area contributed by atoms with Gasteiger partial charge in [0.05, 0.1) is 0 Å². The Morgan fingerprint density at radius 1 is 1.19 bits per heavy atom. The van der Waals surface area contributed by atoms with Gasteiger partial charge in [0.2, 0.25) is 11.8 Å². The van der Waals surface area contributed by atoms with Gasteiger partial charge in [-0.2, -0.15) is 0 Å². The van der Waals surface area contributed by atoms with Gasteiger partial charge in [0, 0.05) is 27.9 Å². The summed E-state index contributed by atoms with van der Waals surface area (Å²) < 4.78 is 13.1. The number of carbonyl (C=O) groups excluding carboxylic acids is 2. The van der Waals surface area contributed by atoms with Gasteiger partial charge in [-0.15, -0.1) is 11.8 Å². The number of hydrogen-bond donors (Lipinski definition) is 1. The average molecular weight is 407 g/mol. The van der Waals surface area contributed by atoms with Gasteiger partial charge >= 0.3 is 0 Å². The van der Waals surface area contributed by atoms with Crippen molar-refractivity contribution >= 4 is 40.9 Å². The van der Waals surface area contributed by atoms with E-state index in [1.165, 1.54) is 36.0 Å². The van der Waals surface area contributed by atoms with Crippen LogP contribution in [-0.2, 0) is 9.59 Å². The van der Waals surface area contributed by atoms with Crippen molar-refractivity contribution in [2.45, 2.75) is 25.3 Å². The molecular weight excluding hydrogens is 387 g/mol. The molecule has 27 heavy (non-hydrogen) atoms. The molecule has 142 valence electrons. The van der Waals surface area contributed by atoms with E-state index in [1.54, 1.807) is 11.0 Å². The van der Waals surface area contributed by atoms with Crippen LogP contribution in [0.5, 0.6) is 0 Å². The van der Waals surface area contributed by atoms with E-state index in [0.29, 0.717) is 16.5 Å². The largest absolute Gasteiger partial charge is 0.324 e. The van der Waals surface area contributed by atoms with Crippen LogP contribution in [0.15, 0.2) is 48.5 Å². The molecule has 0 bridgehead atoms. The minimum atomic E-state index is -0.628. The Kier molecular flexibility index (Phi) is 6.07. The van der Waals surface area contributed by atoms with Crippen molar-refractivity contribution in [3.05, 3.63) is 64.9 Å². The molecule has 1 heterocycles. The monoisotopic (exact) mass is 406 g/mol. The first-order valence-corrected chi connectivity index (χ1v) is 10.1. The number of carbonyl (C=O) groups is 2. The van der Waals surface area contributed by atoms with E-state index in [1.807, 2.05) is 32.0 Å². The molecule has 0 spiro atoms. The molecule has 3 rings (SSSR count). The first kappa shape index (κ1) is 19.7. The van der Waals surface area contributed by atoms with Crippen molar-refractivity contribution < 1.29 is 14.0 Å². The molecule has 1 fully saturated rings. The van der Waals surface area contributed by atoms with Gasteiger partial charge in [-0.25, -0.2) is 4.39 Å². The third-order valence-electron chi connectivity index (χ3n) is 4.33. The number of nitrogens with one attached hydrogen (secondary N) is 1. The van der Waals surface area contributed by atoms with E-state index in [9.17, 15) is 14.0 Å². The van der Waals surface area contributed by atoms with Crippen LogP contribution >= 0.6 is 23.4 Å². The molecule has 0 aliphatic carbocycles. The highest BCUT2D eigenvalue weighted by Gasteiger charge is 2.43. The van der Waals surface area contributed by atoms with Crippen LogP contribution in [-0.4, -0.2) is 28.5 Å². The number of anilines is 1. The molecule has 2 atom stereocenters. The van der Waals surface area contributed by atoms with Crippen molar-refractivity contribution in [2.75, 3.05) is 11.1 Å². The molecule has 0 aromatic heterocycles. The van der Waals surface area contributed by atoms with E-state index in [2.05, 4.69) is 5.32 Å². The molecule has 0 radical (unpaired) electrons.